The van der Waals surface area contributed by atoms with Gasteiger partial charge in [0.05, 0.1) is 0 Å². The van der Waals surface area contributed by atoms with Gasteiger partial charge in [0.15, 0.2) is 0 Å². The van der Waals surface area contributed by atoms with E-state index in [-0.39, 0.29) is 12.2 Å². The average Bonchev–Trinajstić information content (AvgIpc) is 2.18. The molecular formula is C12H23NO2. The maximum Gasteiger partial charge on any atom is 0.409 e. The Morgan fingerprint density at radius 2 is 1.73 bits per heavy atom. The minimum Gasteiger partial charge on any atom is -0.446 e. The Kier molecular flexibility index (Phi) is 4.43. The topological polar surface area (TPSA) is 29.5 Å². The number of ether oxygens (including phenoxy) is 1. The zero-order chi connectivity index (χ0) is 11.4. The van der Waals surface area contributed by atoms with Crippen LogP contribution in [0.15, 0.2) is 0 Å². The number of rotatable bonds is 2. The quantitative estimate of drug-likeness (QED) is 0.706. The smallest absolute Gasteiger partial charge is 0.409 e. The van der Waals surface area contributed by atoms with Crippen LogP contribution in [-0.4, -0.2) is 31.2 Å². The second-order valence-corrected chi connectivity index (χ2v) is 5.06. The molecule has 1 saturated carbocycles. The van der Waals surface area contributed by atoms with Gasteiger partial charge < -0.3 is 9.64 Å². The van der Waals surface area contributed by atoms with Crippen molar-refractivity contribution in [2.75, 3.05) is 14.1 Å². The van der Waals surface area contributed by atoms with Crippen LogP contribution in [0.1, 0.15) is 39.5 Å². The van der Waals surface area contributed by atoms with Crippen LogP contribution in [0.5, 0.6) is 0 Å². The average molecular weight is 213 g/mol. The van der Waals surface area contributed by atoms with E-state index in [2.05, 4.69) is 13.8 Å². The molecule has 0 saturated heterocycles. The number of carbonyl (C=O) groups is 1. The fourth-order valence-corrected chi connectivity index (χ4v) is 2.12. The summed E-state index contributed by atoms with van der Waals surface area (Å²) in [5.74, 6) is 1.58. The van der Waals surface area contributed by atoms with E-state index in [1.54, 1.807) is 14.1 Å². The summed E-state index contributed by atoms with van der Waals surface area (Å²) in [6.45, 7) is 4.55. The van der Waals surface area contributed by atoms with Gasteiger partial charge in [0.25, 0.3) is 0 Å². The molecule has 0 bridgehead atoms. The summed E-state index contributed by atoms with van der Waals surface area (Å²) in [5, 5.41) is 0. The Bertz CT molecular complexity index is 206. The van der Waals surface area contributed by atoms with E-state index in [9.17, 15) is 4.79 Å². The van der Waals surface area contributed by atoms with Gasteiger partial charge in [0.2, 0.25) is 0 Å². The highest BCUT2D eigenvalue weighted by molar-refractivity contribution is 5.66. The third kappa shape index (κ3) is 3.73. The van der Waals surface area contributed by atoms with Crippen LogP contribution < -0.4 is 0 Å². The molecule has 1 aliphatic rings. The molecule has 0 aromatic heterocycles. The molecule has 1 fully saturated rings. The molecule has 3 heteroatoms. The molecule has 0 atom stereocenters. The van der Waals surface area contributed by atoms with E-state index >= 15 is 0 Å². The van der Waals surface area contributed by atoms with Crippen molar-refractivity contribution in [3.63, 3.8) is 0 Å². The molecule has 0 aliphatic heterocycles. The summed E-state index contributed by atoms with van der Waals surface area (Å²) in [6, 6.07) is 0. The predicted molar refractivity (Wildman–Crippen MR) is 60.8 cm³/mol. The second kappa shape index (κ2) is 5.38. The lowest BCUT2D eigenvalue weighted by Crippen LogP contribution is -2.31. The molecule has 0 aromatic rings. The van der Waals surface area contributed by atoms with Crippen LogP contribution in [0.4, 0.5) is 4.79 Å². The van der Waals surface area contributed by atoms with Gasteiger partial charge in [-0.05, 0) is 37.5 Å². The lowest BCUT2D eigenvalue weighted by molar-refractivity contribution is 0.0419. The SMILES string of the molecule is CC(C)C1CCC(OC(=O)N(C)C)CC1. The molecule has 0 radical (unpaired) electrons. The van der Waals surface area contributed by atoms with E-state index in [1.165, 1.54) is 17.7 Å². The monoisotopic (exact) mass is 213 g/mol. The highest BCUT2D eigenvalue weighted by Crippen LogP contribution is 2.31. The van der Waals surface area contributed by atoms with Gasteiger partial charge in [-0.1, -0.05) is 13.8 Å². The van der Waals surface area contributed by atoms with E-state index in [4.69, 9.17) is 4.74 Å². The fraction of sp³-hybridized carbons (Fsp3) is 0.917. The summed E-state index contributed by atoms with van der Waals surface area (Å²) in [4.78, 5) is 12.8. The molecule has 0 unspecified atom stereocenters. The number of hydrogen-bond donors (Lipinski definition) is 0. The summed E-state index contributed by atoms with van der Waals surface area (Å²) in [5.41, 5.74) is 0. The number of nitrogens with zero attached hydrogens (tertiary/aromatic N) is 1. The molecule has 15 heavy (non-hydrogen) atoms. The first-order valence-corrected chi connectivity index (χ1v) is 5.88. The van der Waals surface area contributed by atoms with E-state index < -0.39 is 0 Å². The largest absolute Gasteiger partial charge is 0.446 e. The summed E-state index contributed by atoms with van der Waals surface area (Å²) in [7, 11) is 3.45. The Morgan fingerprint density at radius 3 is 2.13 bits per heavy atom. The fourth-order valence-electron chi connectivity index (χ4n) is 2.12. The molecule has 0 heterocycles. The summed E-state index contributed by atoms with van der Waals surface area (Å²) >= 11 is 0. The summed E-state index contributed by atoms with van der Waals surface area (Å²) < 4.78 is 5.37. The Morgan fingerprint density at radius 1 is 1.20 bits per heavy atom. The van der Waals surface area contributed by atoms with Crippen LogP contribution in [-0.2, 0) is 4.74 Å². The van der Waals surface area contributed by atoms with E-state index in [0.29, 0.717) is 0 Å². The van der Waals surface area contributed by atoms with Crippen molar-refractivity contribution >= 4 is 6.09 Å². The highest BCUT2D eigenvalue weighted by Gasteiger charge is 2.25. The first kappa shape index (κ1) is 12.3. The number of hydrogen-bond acceptors (Lipinski definition) is 2. The van der Waals surface area contributed by atoms with Crippen LogP contribution in [0.25, 0.3) is 0 Å². The van der Waals surface area contributed by atoms with Crippen molar-refractivity contribution in [3.05, 3.63) is 0 Å². The van der Waals surface area contributed by atoms with Crippen LogP contribution in [0.3, 0.4) is 0 Å². The molecule has 0 N–H and O–H groups in total. The highest BCUT2D eigenvalue weighted by atomic mass is 16.6. The maximum atomic E-state index is 11.3. The third-order valence-corrected chi connectivity index (χ3v) is 3.29. The molecule has 1 amide bonds. The van der Waals surface area contributed by atoms with Crippen molar-refractivity contribution in [3.8, 4) is 0 Å². The Hall–Kier alpha value is -0.730. The number of carbonyl (C=O) groups excluding carboxylic acids is 1. The normalized spacial score (nSPS) is 26.5. The first-order chi connectivity index (χ1) is 7.00. The van der Waals surface area contributed by atoms with E-state index in [0.717, 1.165) is 24.7 Å². The van der Waals surface area contributed by atoms with Gasteiger partial charge >= 0.3 is 6.09 Å². The molecule has 88 valence electrons. The lowest BCUT2D eigenvalue weighted by Gasteiger charge is -2.31. The van der Waals surface area contributed by atoms with Gasteiger partial charge in [-0.2, -0.15) is 0 Å². The van der Waals surface area contributed by atoms with Crippen LogP contribution in [0, 0.1) is 11.8 Å². The van der Waals surface area contributed by atoms with Crippen molar-refractivity contribution in [1.29, 1.82) is 0 Å². The second-order valence-electron chi connectivity index (χ2n) is 5.06. The van der Waals surface area contributed by atoms with Crippen molar-refractivity contribution in [2.45, 2.75) is 45.6 Å². The standard InChI is InChI=1S/C12H23NO2/c1-9(2)10-5-7-11(8-6-10)15-12(14)13(3)4/h9-11H,5-8H2,1-4H3. The van der Waals surface area contributed by atoms with Gasteiger partial charge in [-0.15, -0.1) is 0 Å². The molecule has 1 rings (SSSR count). The summed E-state index contributed by atoms with van der Waals surface area (Å²) in [6.07, 6.45) is 4.40. The van der Waals surface area contributed by atoms with Crippen molar-refractivity contribution < 1.29 is 9.53 Å². The maximum absolute atomic E-state index is 11.3. The third-order valence-electron chi connectivity index (χ3n) is 3.29. The van der Waals surface area contributed by atoms with Crippen LogP contribution in [0.2, 0.25) is 0 Å². The molecule has 0 aromatic carbocycles. The van der Waals surface area contributed by atoms with Gasteiger partial charge in [-0.25, -0.2) is 4.79 Å². The number of amides is 1. The minimum atomic E-state index is -0.206. The van der Waals surface area contributed by atoms with Gasteiger partial charge in [0.1, 0.15) is 6.10 Å². The van der Waals surface area contributed by atoms with Crippen LogP contribution >= 0.6 is 0 Å². The minimum absolute atomic E-state index is 0.148. The van der Waals surface area contributed by atoms with Crippen molar-refractivity contribution in [2.24, 2.45) is 11.8 Å². The Balaban J connectivity index is 2.29. The predicted octanol–water partition coefficient (Wildman–Crippen LogP) is 2.90. The molecule has 0 spiro atoms. The van der Waals surface area contributed by atoms with Crippen molar-refractivity contribution in [1.82, 2.24) is 4.90 Å². The lowest BCUT2D eigenvalue weighted by atomic mass is 9.80. The molecule has 1 aliphatic carbocycles. The van der Waals surface area contributed by atoms with Gasteiger partial charge in [-0.3, -0.25) is 0 Å². The zero-order valence-electron chi connectivity index (χ0n) is 10.3. The van der Waals surface area contributed by atoms with E-state index in [1.807, 2.05) is 0 Å². The van der Waals surface area contributed by atoms with Gasteiger partial charge in [0, 0.05) is 14.1 Å². The Labute approximate surface area is 92.8 Å². The first-order valence-electron chi connectivity index (χ1n) is 5.88. The molecule has 3 nitrogen and oxygen atoms in total. The molecular weight excluding hydrogens is 190 g/mol. The zero-order valence-corrected chi connectivity index (χ0v) is 10.3.